The van der Waals surface area contributed by atoms with Crippen LogP contribution in [0.2, 0.25) is 0 Å². The Balaban J connectivity index is 2.21. The van der Waals surface area contributed by atoms with Gasteiger partial charge in [-0.25, -0.2) is 4.98 Å². The van der Waals surface area contributed by atoms with E-state index in [1.54, 1.807) is 6.07 Å². The Labute approximate surface area is 145 Å². The highest BCUT2D eigenvalue weighted by Crippen LogP contribution is 2.18. The van der Waals surface area contributed by atoms with Gasteiger partial charge in [-0.3, -0.25) is 15.5 Å². The molecule has 128 valence electrons. The van der Waals surface area contributed by atoms with Crippen molar-refractivity contribution in [2.24, 2.45) is 5.92 Å². The molecule has 0 amide bonds. The first-order valence-electron chi connectivity index (χ1n) is 8.22. The van der Waals surface area contributed by atoms with Crippen molar-refractivity contribution in [3.63, 3.8) is 0 Å². The summed E-state index contributed by atoms with van der Waals surface area (Å²) in [4.78, 5) is 15.3. The SMILES string of the molecule is CC(C)Cc1nc2ccc([N+](=O)[O-])cc2c(=N)n1Cc1ccccc1. The second kappa shape index (κ2) is 6.84. The van der Waals surface area contributed by atoms with Crippen molar-refractivity contribution >= 4 is 16.6 Å². The Hall–Kier alpha value is -3.02. The van der Waals surface area contributed by atoms with Gasteiger partial charge in [-0.15, -0.1) is 0 Å². The molecule has 0 spiro atoms. The van der Waals surface area contributed by atoms with Crippen molar-refractivity contribution in [1.29, 1.82) is 5.41 Å². The number of aromatic nitrogens is 2. The number of benzene rings is 2. The quantitative estimate of drug-likeness (QED) is 0.570. The van der Waals surface area contributed by atoms with E-state index in [9.17, 15) is 10.1 Å². The van der Waals surface area contributed by atoms with Crippen molar-refractivity contribution in [2.45, 2.75) is 26.8 Å². The normalized spacial score (nSPS) is 11.2. The average molecular weight is 336 g/mol. The molecule has 1 heterocycles. The van der Waals surface area contributed by atoms with Gasteiger partial charge in [0.05, 0.1) is 17.0 Å². The molecule has 0 aliphatic rings. The fourth-order valence-corrected chi connectivity index (χ4v) is 2.86. The smallest absolute Gasteiger partial charge is 0.270 e. The second-order valence-corrected chi connectivity index (χ2v) is 6.50. The zero-order valence-corrected chi connectivity index (χ0v) is 14.3. The van der Waals surface area contributed by atoms with Gasteiger partial charge >= 0.3 is 0 Å². The fraction of sp³-hybridized carbons (Fsp3) is 0.263. The number of hydrogen-bond acceptors (Lipinski definition) is 4. The number of hydrogen-bond donors (Lipinski definition) is 1. The van der Waals surface area contributed by atoms with Crippen LogP contribution >= 0.6 is 0 Å². The zero-order valence-electron chi connectivity index (χ0n) is 14.3. The van der Waals surface area contributed by atoms with Gasteiger partial charge in [-0.2, -0.15) is 0 Å². The van der Waals surface area contributed by atoms with Gasteiger partial charge in [-0.05, 0) is 17.5 Å². The van der Waals surface area contributed by atoms with E-state index < -0.39 is 4.92 Å². The van der Waals surface area contributed by atoms with Crippen LogP contribution in [0.5, 0.6) is 0 Å². The van der Waals surface area contributed by atoms with E-state index in [0.717, 1.165) is 17.8 Å². The van der Waals surface area contributed by atoms with Crippen LogP contribution in [0, 0.1) is 21.4 Å². The summed E-state index contributed by atoms with van der Waals surface area (Å²) in [5.74, 6) is 1.22. The van der Waals surface area contributed by atoms with E-state index in [1.165, 1.54) is 12.1 Å². The molecule has 6 nitrogen and oxygen atoms in total. The summed E-state index contributed by atoms with van der Waals surface area (Å²) < 4.78 is 1.85. The molecule has 2 aromatic carbocycles. The number of rotatable bonds is 5. The minimum atomic E-state index is -0.442. The van der Waals surface area contributed by atoms with Crippen molar-refractivity contribution in [1.82, 2.24) is 9.55 Å². The van der Waals surface area contributed by atoms with Crippen LogP contribution in [0.15, 0.2) is 48.5 Å². The van der Waals surface area contributed by atoms with Crippen LogP contribution in [0.25, 0.3) is 10.9 Å². The van der Waals surface area contributed by atoms with Crippen molar-refractivity contribution in [3.05, 3.63) is 75.5 Å². The zero-order chi connectivity index (χ0) is 18.0. The van der Waals surface area contributed by atoms with Gasteiger partial charge in [0.25, 0.3) is 5.69 Å². The molecule has 0 aliphatic heterocycles. The highest BCUT2D eigenvalue weighted by molar-refractivity contribution is 5.79. The van der Waals surface area contributed by atoms with Gasteiger partial charge < -0.3 is 4.57 Å². The Morgan fingerprint density at radius 1 is 1.20 bits per heavy atom. The molecular formula is C19H20N4O2. The van der Waals surface area contributed by atoms with E-state index in [1.807, 2.05) is 34.9 Å². The highest BCUT2D eigenvalue weighted by Gasteiger charge is 2.14. The third kappa shape index (κ3) is 3.57. The highest BCUT2D eigenvalue weighted by atomic mass is 16.6. The summed E-state index contributed by atoms with van der Waals surface area (Å²) in [5.41, 5.74) is 1.92. The summed E-state index contributed by atoms with van der Waals surface area (Å²) in [5, 5.41) is 20.2. The first kappa shape index (κ1) is 16.8. The number of fused-ring (bicyclic) bond motifs is 1. The van der Waals surface area contributed by atoms with E-state index >= 15 is 0 Å². The molecule has 0 aliphatic carbocycles. The third-order valence-corrected chi connectivity index (χ3v) is 4.05. The summed E-state index contributed by atoms with van der Waals surface area (Å²) >= 11 is 0. The van der Waals surface area contributed by atoms with Crippen molar-refractivity contribution in [2.75, 3.05) is 0 Å². The fourth-order valence-electron chi connectivity index (χ4n) is 2.86. The van der Waals surface area contributed by atoms with Crippen LogP contribution in [0.1, 0.15) is 25.2 Å². The number of non-ortho nitro benzene ring substituents is 1. The molecule has 0 unspecified atom stereocenters. The van der Waals surface area contributed by atoms with E-state index in [2.05, 4.69) is 13.8 Å². The van der Waals surface area contributed by atoms with Crippen LogP contribution in [-0.2, 0) is 13.0 Å². The molecule has 0 radical (unpaired) electrons. The molecule has 3 rings (SSSR count). The summed E-state index contributed by atoms with van der Waals surface area (Å²) in [6.07, 6.45) is 0.742. The monoisotopic (exact) mass is 336 g/mol. The van der Waals surface area contributed by atoms with Crippen LogP contribution in [0.4, 0.5) is 5.69 Å². The van der Waals surface area contributed by atoms with Gasteiger partial charge in [0.2, 0.25) is 0 Å². The molecule has 0 fully saturated rings. The predicted molar refractivity (Wildman–Crippen MR) is 96.3 cm³/mol. The summed E-state index contributed by atoms with van der Waals surface area (Å²) in [6, 6.07) is 14.4. The molecular weight excluding hydrogens is 316 g/mol. The van der Waals surface area contributed by atoms with Crippen LogP contribution in [0.3, 0.4) is 0 Å². The lowest BCUT2D eigenvalue weighted by Gasteiger charge is -2.16. The first-order valence-corrected chi connectivity index (χ1v) is 8.22. The van der Waals surface area contributed by atoms with Gasteiger partial charge in [0.1, 0.15) is 11.3 Å². The van der Waals surface area contributed by atoms with E-state index in [-0.39, 0.29) is 11.2 Å². The maximum Gasteiger partial charge on any atom is 0.270 e. The molecule has 0 bridgehead atoms. The van der Waals surface area contributed by atoms with Crippen molar-refractivity contribution < 1.29 is 4.92 Å². The molecule has 1 aromatic heterocycles. The van der Waals surface area contributed by atoms with Crippen molar-refractivity contribution in [3.8, 4) is 0 Å². The molecule has 6 heteroatoms. The van der Waals surface area contributed by atoms with Crippen LogP contribution in [-0.4, -0.2) is 14.5 Å². The Morgan fingerprint density at radius 2 is 1.92 bits per heavy atom. The maximum absolute atomic E-state index is 11.1. The Morgan fingerprint density at radius 3 is 2.56 bits per heavy atom. The summed E-state index contributed by atoms with van der Waals surface area (Å²) in [7, 11) is 0. The predicted octanol–water partition coefficient (Wildman–Crippen LogP) is 3.67. The van der Waals surface area contributed by atoms with Gasteiger partial charge in [0.15, 0.2) is 0 Å². The lowest BCUT2D eigenvalue weighted by molar-refractivity contribution is -0.384. The number of nitrogens with one attached hydrogen (secondary N) is 1. The van der Waals surface area contributed by atoms with E-state index in [4.69, 9.17) is 10.4 Å². The summed E-state index contributed by atoms with van der Waals surface area (Å²) in [6.45, 7) is 4.74. The number of nitro groups is 1. The molecule has 1 N–H and O–H groups in total. The Bertz CT molecular complexity index is 978. The topological polar surface area (TPSA) is 84.8 Å². The minimum Gasteiger partial charge on any atom is -0.310 e. The molecule has 0 atom stereocenters. The standard InChI is InChI=1S/C19H20N4O2/c1-13(2)10-18-21-17-9-8-15(23(24)25)11-16(17)19(20)22(18)12-14-6-4-3-5-7-14/h3-9,11,13,20H,10,12H2,1-2H3. The lowest BCUT2D eigenvalue weighted by atomic mass is 10.1. The number of nitrogens with zero attached hydrogens (tertiary/aromatic N) is 3. The number of nitro benzene ring substituents is 1. The third-order valence-electron chi connectivity index (χ3n) is 4.05. The molecule has 0 saturated carbocycles. The molecule has 25 heavy (non-hydrogen) atoms. The van der Waals surface area contributed by atoms with Gasteiger partial charge in [0, 0.05) is 23.9 Å². The van der Waals surface area contributed by atoms with Gasteiger partial charge in [-0.1, -0.05) is 44.2 Å². The first-order chi connectivity index (χ1) is 12.0. The average Bonchev–Trinajstić information content (AvgIpc) is 2.58. The second-order valence-electron chi connectivity index (χ2n) is 6.50. The molecule has 0 saturated heterocycles. The Kier molecular flexibility index (Phi) is 4.61. The lowest BCUT2D eigenvalue weighted by Crippen LogP contribution is -2.27. The largest absolute Gasteiger partial charge is 0.310 e. The van der Waals surface area contributed by atoms with E-state index in [0.29, 0.717) is 23.4 Å². The van der Waals surface area contributed by atoms with Crippen LogP contribution < -0.4 is 5.49 Å². The molecule has 3 aromatic rings. The maximum atomic E-state index is 11.1. The minimum absolute atomic E-state index is 0.0225.